The first-order chi connectivity index (χ1) is 11.1. The molecule has 1 fully saturated rings. The van der Waals surface area contributed by atoms with Gasteiger partial charge >= 0.3 is 6.03 Å². The van der Waals surface area contributed by atoms with Crippen LogP contribution in [0.4, 0.5) is 16.6 Å². The topological polar surface area (TPSA) is 136 Å². The molecule has 3 rings (SSSR count). The van der Waals surface area contributed by atoms with E-state index in [1.165, 1.54) is 0 Å². The van der Waals surface area contributed by atoms with Crippen molar-refractivity contribution in [3.8, 4) is 5.88 Å². The number of hydrogen-bond donors (Lipinski definition) is 2. The highest BCUT2D eigenvalue weighted by atomic mass is 32.1. The number of primary amides is 1. The molecule has 4 N–H and O–H groups in total. The fourth-order valence-electron chi connectivity index (χ4n) is 2.23. The summed E-state index contributed by atoms with van der Waals surface area (Å²) < 4.78 is 14.1. The first kappa shape index (κ1) is 15.2. The molecule has 11 heteroatoms. The molecule has 0 radical (unpaired) electrons. The molecule has 1 saturated heterocycles. The molecule has 0 spiro atoms. The Morgan fingerprint density at radius 1 is 1.30 bits per heavy atom. The monoisotopic (exact) mass is 336 g/mol. The van der Waals surface area contributed by atoms with Gasteiger partial charge in [-0.1, -0.05) is 0 Å². The summed E-state index contributed by atoms with van der Waals surface area (Å²) in [6.07, 6.45) is 1.57. The number of ether oxygens (including phenoxy) is 1. The van der Waals surface area contributed by atoms with E-state index in [9.17, 15) is 4.79 Å². The number of aromatic nitrogens is 4. The molecule has 23 heavy (non-hydrogen) atoms. The lowest BCUT2D eigenvalue weighted by molar-refractivity contribution is 0.203. The lowest BCUT2D eigenvalue weighted by Gasteiger charge is -2.33. The van der Waals surface area contributed by atoms with Crippen LogP contribution in [0.1, 0.15) is 5.69 Å². The Hall–Kier alpha value is -2.69. The van der Waals surface area contributed by atoms with Crippen LogP contribution in [-0.4, -0.2) is 55.8 Å². The van der Waals surface area contributed by atoms with E-state index in [2.05, 4.69) is 18.7 Å². The van der Waals surface area contributed by atoms with Gasteiger partial charge in [0.15, 0.2) is 0 Å². The Morgan fingerprint density at radius 3 is 2.78 bits per heavy atom. The second kappa shape index (κ2) is 6.60. The molecule has 10 nitrogen and oxygen atoms in total. The van der Waals surface area contributed by atoms with E-state index < -0.39 is 6.03 Å². The van der Waals surface area contributed by atoms with Crippen LogP contribution in [0, 0.1) is 0 Å². The maximum atomic E-state index is 11.2. The second-order valence-corrected chi connectivity index (χ2v) is 5.43. The number of carbonyl (C=O) groups is 1. The zero-order valence-corrected chi connectivity index (χ0v) is 13.1. The predicted octanol–water partition coefficient (Wildman–Crippen LogP) is -0.310. The van der Waals surface area contributed by atoms with Crippen molar-refractivity contribution in [1.29, 1.82) is 0 Å². The smallest absolute Gasteiger partial charge is 0.314 e. The zero-order chi connectivity index (χ0) is 16.2. The summed E-state index contributed by atoms with van der Waals surface area (Å²) in [6, 6.07) is 1.32. The lowest BCUT2D eigenvalue weighted by atomic mass is 10.3. The molecule has 3 heterocycles. The summed E-state index contributed by atoms with van der Waals surface area (Å²) in [5.74, 6) is 1.31. The lowest BCUT2D eigenvalue weighted by Crippen LogP contribution is -2.50. The standard InChI is InChI=1S/C12H16N8O2S/c13-11-15-2-1-8(16-11)7-22-10-9(17-23-18-10)19-3-5-20(6-4-19)12(14)21/h1-2H,3-7H2,(H2,14,21)(H2,13,15,16). The van der Waals surface area contributed by atoms with Crippen molar-refractivity contribution >= 4 is 29.5 Å². The van der Waals surface area contributed by atoms with Crippen molar-refractivity contribution in [2.24, 2.45) is 5.73 Å². The number of anilines is 2. The number of hydrogen-bond acceptors (Lipinski definition) is 9. The third-order valence-electron chi connectivity index (χ3n) is 3.42. The average Bonchev–Trinajstić information content (AvgIpc) is 3.01. The molecule has 0 atom stereocenters. The van der Waals surface area contributed by atoms with Gasteiger partial charge in [-0.25, -0.2) is 14.8 Å². The van der Waals surface area contributed by atoms with Crippen LogP contribution in [0.3, 0.4) is 0 Å². The minimum absolute atomic E-state index is 0.199. The number of nitrogens with two attached hydrogens (primary N) is 2. The summed E-state index contributed by atoms with van der Waals surface area (Å²) >= 11 is 1.08. The van der Waals surface area contributed by atoms with Crippen LogP contribution in [0.5, 0.6) is 5.88 Å². The Labute approximate surface area is 136 Å². The molecule has 122 valence electrons. The number of rotatable bonds is 4. The van der Waals surface area contributed by atoms with Crippen LogP contribution in [0.2, 0.25) is 0 Å². The first-order valence-corrected chi connectivity index (χ1v) is 7.68. The van der Waals surface area contributed by atoms with Gasteiger partial charge in [-0.05, 0) is 6.07 Å². The number of piperazine rings is 1. The van der Waals surface area contributed by atoms with Crippen molar-refractivity contribution in [2.45, 2.75) is 6.61 Å². The highest BCUT2D eigenvalue weighted by Gasteiger charge is 2.24. The van der Waals surface area contributed by atoms with E-state index in [1.54, 1.807) is 17.2 Å². The van der Waals surface area contributed by atoms with Crippen LogP contribution >= 0.6 is 11.7 Å². The first-order valence-electron chi connectivity index (χ1n) is 6.95. The Balaban J connectivity index is 1.62. The molecule has 2 amide bonds. The third kappa shape index (κ3) is 3.56. The van der Waals surface area contributed by atoms with Gasteiger partial charge < -0.3 is 26.0 Å². The maximum absolute atomic E-state index is 11.2. The quantitative estimate of drug-likeness (QED) is 0.776. The summed E-state index contributed by atoms with van der Waals surface area (Å²) in [7, 11) is 0. The Bertz CT molecular complexity index is 685. The van der Waals surface area contributed by atoms with Gasteiger partial charge in [-0.2, -0.15) is 4.37 Å². The van der Waals surface area contributed by atoms with Gasteiger partial charge in [0.1, 0.15) is 6.61 Å². The number of nitrogens with zero attached hydrogens (tertiary/aromatic N) is 6. The molecule has 0 bridgehead atoms. The number of carbonyl (C=O) groups excluding carboxylic acids is 1. The minimum atomic E-state index is -0.404. The van der Waals surface area contributed by atoms with E-state index in [0.29, 0.717) is 43.6 Å². The number of urea groups is 1. The van der Waals surface area contributed by atoms with E-state index in [-0.39, 0.29) is 12.6 Å². The number of amides is 2. The van der Waals surface area contributed by atoms with Crippen molar-refractivity contribution < 1.29 is 9.53 Å². The predicted molar refractivity (Wildman–Crippen MR) is 84.1 cm³/mol. The molecule has 0 unspecified atom stereocenters. The largest absolute Gasteiger partial charge is 0.468 e. The molecule has 0 aromatic carbocycles. The molecule has 1 aliphatic rings. The van der Waals surface area contributed by atoms with E-state index in [0.717, 1.165) is 11.7 Å². The SMILES string of the molecule is NC(=O)N1CCN(c2nsnc2OCc2ccnc(N)n2)CC1. The van der Waals surface area contributed by atoms with Crippen LogP contribution in [-0.2, 0) is 6.61 Å². The Morgan fingerprint density at radius 2 is 2.09 bits per heavy atom. The highest BCUT2D eigenvalue weighted by molar-refractivity contribution is 6.99. The molecule has 1 aliphatic heterocycles. The average molecular weight is 336 g/mol. The second-order valence-electron chi connectivity index (χ2n) is 4.90. The molecule has 0 aliphatic carbocycles. The minimum Gasteiger partial charge on any atom is -0.468 e. The Kier molecular flexibility index (Phi) is 4.37. The van der Waals surface area contributed by atoms with Gasteiger partial charge in [-0.3, -0.25) is 0 Å². The summed E-state index contributed by atoms with van der Waals surface area (Å²) in [5, 5.41) is 0. The van der Waals surface area contributed by atoms with Gasteiger partial charge in [0.2, 0.25) is 11.8 Å². The van der Waals surface area contributed by atoms with Crippen LogP contribution < -0.4 is 21.1 Å². The van der Waals surface area contributed by atoms with Crippen LogP contribution in [0.25, 0.3) is 0 Å². The summed E-state index contributed by atoms with van der Waals surface area (Å²) in [6.45, 7) is 2.59. The van der Waals surface area contributed by atoms with Gasteiger partial charge in [-0.15, -0.1) is 4.37 Å². The van der Waals surface area contributed by atoms with Crippen molar-refractivity contribution in [1.82, 2.24) is 23.6 Å². The van der Waals surface area contributed by atoms with Gasteiger partial charge in [0.05, 0.1) is 17.4 Å². The van der Waals surface area contributed by atoms with Gasteiger partial charge in [0, 0.05) is 32.4 Å². The summed E-state index contributed by atoms with van der Waals surface area (Å²) in [4.78, 5) is 22.7. The zero-order valence-electron chi connectivity index (χ0n) is 12.3. The molecule has 0 saturated carbocycles. The molecular formula is C12H16N8O2S. The van der Waals surface area contributed by atoms with Crippen molar-refractivity contribution in [3.05, 3.63) is 18.0 Å². The fraction of sp³-hybridized carbons (Fsp3) is 0.417. The maximum Gasteiger partial charge on any atom is 0.314 e. The molecule has 2 aromatic heterocycles. The van der Waals surface area contributed by atoms with Gasteiger partial charge in [0.25, 0.3) is 5.88 Å². The molecule has 2 aromatic rings. The fourth-order valence-corrected chi connectivity index (χ4v) is 2.75. The number of nitrogen functional groups attached to an aromatic ring is 1. The van der Waals surface area contributed by atoms with E-state index in [4.69, 9.17) is 16.2 Å². The van der Waals surface area contributed by atoms with E-state index >= 15 is 0 Å². The van der Waals surface area contributed by atoms with Crippen molar-refractivity contribution in [2.75, 3.05) is 36.8 Å². The third-order valence-corrected chi connectivity index (χ3v) is 3.92. The van der Waals surface area contributed by atoms with E-state index in [1.807, 2.05) is 4.90 Å². The normalized spacial score (nSPS) is 14.8. The molecular weight excluding hydrogens is 320 g/mol. The highest BCUT2D eigenvalue weighted by Crippen LogP contribution is 2.27. The van der Waals surface area contributed by atoms with Crippen molar-refractivity contribution in [3.63, 3.8) is 0 Å². The summed E-state index contributed by atoms with van der Waals surface area (Å²) in [5.41, 5.74) is 11.5. The van der Waals surface area contributed by atoms with Crippen LogP contribution in [0.15, 0.2) is 12.3 Å².